The highest BCUT2D eigenvalue weighted by molar-refractivity contribution is 6.07. The minimum Gasteiger partial charge on any atom is -0.494 e. The molecule has 0 aliphatic carbocycles. The molecule has 0 fully saturated rings. The Bertz CT molecular complexity index is 1110. The first-order chi connectivity index (χ1) is 13.2. The Morgan fingerprint density at radius 3 is 2.44 bits per heavy atom. The van der Waals surface area contributed by atoms with E-state index in [1.165, 1.54) is 0 Å². The number of fused-ring (bicyclic) bond motifs is 2. The number of methoxy groups -OCH3 is 1. The lowest BCUT2D eigenvalue weighted by Gasteiger charge is -2.14. The van der Waals surface area contributed by atoms with E-state index in [4.69, 9.17) is 9.47 Å². The van der Waals surface area contributed by atoms with E-state index in [1.54, 1.807) is 7.11 Å². The highest BCUT2D eigenvalue weighted by atomic mass is 16.5. The second-order valence-electron chi connectivity index (χ2n) is 6.39. The van der Waals surface area contributed by atoms with Crippen molar-refractivity contribution in [3.63, 3.8) is 0 Å². The van der Waals surface area contributed by atoms with Crippen LogP contribution in [0.5, 0.6) is 5.75 Å². The van der Waals surface area contributed by atoms with Crippen LogP contribution in [0.1, 0.15) is 23.0 Å². The third kappa shape index (κ3) is 3.04. The number of esters is 1. The van der Waals surface area contributed by atoms with Gasteiger partial charge in [0.05, 0.1) is 19.2 Å². The molecule has 3 aromatic carbocycles. The number of carbonyl (C=O) groups excluding carboxylic acids is 1. The monoisotopic (exact) mass is 359 g/mol. The highest BCUT2D eigenvalue weighted by Gasteiger charge is 2.21. The summed E-state index contributed by atoms with van der Waals surface area (Å²) in [6.07, 6.45) is 0. The van der Waals surface area contributed by atoms with Crippen LogP contribution in [-0.2, 0) is 11.3 Å². The number of ether oxygens (including phenoxy) is 2. The molecule has 1 heterocycles. The third-order valence-electron chi connectivity index (χ3n) is 4.73. The second-order valence-corrected chi connectivity index (χ2v) is 6.39. The number of rotatable bonds is 5. The molecule has 4 rings (SSSR count). The molecule has 0 aliphatic rings. The minimum absolute atomic E-state index is 0.323. The Morgan fingerprint density at radius 2 is 1.70 bits per heavy atom. The normalized spacial score (nSPS) is 11.0. The first kappa shape index (κ1) is 17.2. The van der Waals surface area contributed by atoms with Crippen LogP contribution in [0.2, 0.25) is 0 Å². The van der Waals surface area contributed by atoms with E-state index in [2.05, 4.69) is 12.1 Å². The molecule has 0 amide bonds. The van der Waals surface area contributed by atoms with Crippen LogP contribution in [0.25, 0.3) is 21.7 Å². The van der Waals surface area contributed by atoms with Crippen molar-refractivity contribution in [1.82, 2.24) is 4.57 Å². The summed E-state index contributed by atoms with van der Waals surface area (Å²) in [4.78, 5) is 12.6. The zero-order valence-electron chi connectivity index (χ0n) is 15.4. The lowest BCUT2D eigenvalue weighted by molar-refractivity contribution is 0.0515. The molecule has 136 valence electrons. The number of nitrogens with zero attached hydrogens (tertiary/aromatic N) is 1. The smallest absolute Gasteiger partial charge is 0.354 e. The van der Waals surface area contributed by atoms with Gasteiger partial charge in [-0.3, -0.25) is 0 Å². The van der Waals surface area contributed by atoms with Crippen molar-refractivity contribution in [1.29, 1.82) is 0 Å². The van der Waals surface area contributed by atoms with Gasteiger partial charge in [-0.25, -0.2) is 4.79 Å². The molecular weight excluding hydrogens is 338 g/mol. The number of hydrogen-bond acceptors (Lipinski definition) is 3. The van der Waals surface area contributed by atoms with Crippen LogP contribution in [0, 0.1) is 0 Å². The first-order valence-corrected chi connectivity index (χ1v) is 9.03. The molecule has 0 radical (unpaired) electrons. The molecule has 0 aliphatic heterocycles. The van der Waals surface area contributed by atoms with E-state index < -0.39 is 0 Å². The summed E-state index contributed by atoms with van der Waals surface area (Å²) in [5.74, 6) is 0.449. The molecule has 1 aromatic heterocycles. The highest BCUT2D eigenvalue weighted by Crippen LogP contribution is 2.37. The van der Waals surface area contributed by atoms with Crippen LogP contribution in [0.3, 0.4) is 0 Å². The summed E-state index contributed by atoms with van der Waals surface area (Å²) >= 11 is 0. The molecule has 0 saturated heterocycles. The Labute approximate surface area is 157 Å². The maximum atomic E-state index is 12.6. The fraction of sp³-hybridized carbons (Fsp3) is 0.174. The summed E-state index contributed by atoms with van der Waals surface area (Å²) in [5.41, 5.74) is 2.54. The second kappa shape index (κ2) is 7.16. The van der Waals surface area contributed by atoms with Gasteiger partial charge in [-0.05, 0) is 30.0 Å². The zero-order chi connectivity index (χ0) is 18.8. The van der Waals surface area contributed by atoms with Crippen LogP contribution in [0.15, 0.2) is 66.7 Å². The van der Waals surface area contributed by atoms with Gasteiger partial charge in [-0.2, -0.15) is 0 Å². The molecule has 4 aromatic rings. The number of hydrogen-bond donors (Lipinski definition) is 0. The quantitative estimate of drug-likeness (QED) is 0.469. The standard InChI is InChI=1S/C23H21NO3/c1-3-27-23(25)20-14-18-13-17-11-7-8-12-19(17)22(26-2)21(18)24(20)15-16-9-5-4-6-10-16/h4-14H,3,15H2,1-2H3. The van der Waals surface area contributed by atoms with Gasteiger partial charge in [0.2, 0.25) is 0 Å². The van der Waals surface area contributed by atoms with E-state index in [-0.39, 0.29) is 5.97 Å². The summed E-state index contributed by atoms with van der Waals surface area (Å²) in [6.45, 7) is 2.72. The fourth-order valence-corrected chi connectivity index (χ4v) is 3.57. The molecule has 0 saturated carbocycles. The van der Waals surface area contributed by atoms with E-state index in [0.29, 0.717) is 18.8 Å². The summed E-state index contributed by atoms with van der Waals surface area (Å²) in [6, 6.07) is 22.2. The number of benzene rings is 3. The molecular formula is C23H21NO3. The van der Waals surface area contributed by atoms with Crippen molar-refractivity contribution in [2.45, 2.75) is 13.5 Å². The van der Waals surface area contributed by atoms with Crippen molar-refractivity contribution in [2.75, 3.05) is 13.7 Å². The average Bonchev–Trinajstić information content (AvgIpc) is 3.05. The fourth-order valence-electron chi connectivity index (χ4n) is 3.57. The first-order valence-electron chi connectivity index (χ1n) is 9.03. The molecule has 4 heteroatoms. The van der Waals surface area contributed by atoms with Crippen molar-refractivity contribution >= 4 is 27.6 Å². The van der Waals surface area contributed by atoms with Gasteiger partial charge in [0, 0.05) is 17.3 Å². The van der Waals surface area contributed by atoms with E-state index in [1.807, 2.05) is 66.1 Å². The average molecular weight is 359 g/mol. The van der Waals surface area contributed by atoms with E-state index in [0.717, 1.165) is 33.0 Å². The van der Waals surface area contributed by atoms with Crippen molar-refractivity contribution < 1.29 is 14.3 Å². The summed E-state index contributed by atoms with van der Waals surface area (Å²) in [5, 5.41) is 3.06. The molecule has 0 spiro atoms. The summed E-state index contributed by atoms with van der Waals surface area (Å²) < 4.78 is 13.1. The van der Waals surface area contributed by atoms with Gasteiger partial charge in [-0.15, -0.1) is 0 Å². The molecule has 0 bridgehead atoms. The van der Waals surface area contributed by atoms with Gasteiger partial charge in [0.15, 0.2) is 5.75 Å². The molecule has 0 unspecified atom stereocenters. The van der Waals surface area contributed by atoms with Crippen molar-refractivity contribution in [3.05, 3.63) is 78.0 Å². The van der Waals surface area contributed by atoms with E-state index >= 15 is 0 Å². The maximum absolute atomic E-state index is 12.6. The van der Waals surface area contributed by atoms with Crippen molar-refractivity contribution in [3.8, 4) is 5.75 Å². The van der Waals surface area contributed by atoms with E-state index in [9.17, 15) is 4.79 Å². The predicted molar refractivity (Wildman–Crippen MR) is 107 cm³/mol. The van der Waals surface area contributed by atoms with Gasteiger partial charge in [0.1, 0.15) is 5.69 Å². The SMILES string of the molecule is CCOC(=O)c1cc2cc3ccccc3c(OC)c2n1Cc1ccccc1. The Kier molecular flexibility index (Phi) is 4.55. The zero-order valence-corrected chi connectivity index (χ0v) is 15.4. The Hall–Kier alpha value is -3.27. The largest absolute Gasteiger partial charge is 0.494 e. The molecule has 0 atom stereocenters. The molecule has 4 nitrogen and oxygen atoms in total. The third-order valence-corrected chi connectivity index (χ3v) is 4.73. The topological polar surface area (TPSA) is 40.5 Å². The number of carbonyl (C=O) groups is 1. The van der Waals surface area contributed by atoms with Crippen LogP contribution >= 0.6 is 0 Å². The lowest BCUT2D eigenvalue weighted by atomic mass is 10.1. The summed E-state index contributed by atoms with van der Waals surface area (Å²) in [7, 11) is 1.67. The Balaban J connectivity index is 2.02. The van der Waals surface area contributed by atoms with Crippen LogP contribution in [0.4, 0.5) is 0 Å². The van der Waals surface area contributed by atoms with Gasteiger partial charge >= 0.3 is 5.97 Å². The van der Waals surface area contributed by atoms with Crippen LogP contribution in [-0.4, -0.2) is 24.3 Å². The lowest BCUT2D eigenvalue weighted by Crippen LogP contribution is -2.13. The maximum Gasteiger partial charge on any atom is 0.354 e. The van der Waals surface area contributed by atoms with Gasteiger partial charge < -0.3 is 14.0 Å². The van der Waals surface area contributed by atoms with Crippen LogP contribution < -0.4 is 4.74 Å². The molecule has 0 N–H and O–H groups in total. The predicted octanol–water partition coefficient (Wildman–Crippen LogP) is 5.03. The van der Waals surface area contributed by atoms with Crippen molar-refractivity contribution in [2.24, 2.45) is 0 Å². The van der Waals surface area contributed by atoms with Gasteiger partial charge in [0.25, 0.3) is 0 Å². The Morgan fingerprint density at radius 1 is 0.963 bits per heavy atom. The molecule has 27 heavy (non-hydrogen) atoms. The minimum atomic E-state index is -0.323. The van der Waals surface area contributed by atoms with Gasteiger partial charge in [-0.1, -0.05) is 54.6 Å². The number of aromatic nitrogens is 1.